The number of H-pyrrole nitrogens is 1. The lowest BCUT2D eigenvalue weighted by Crippen LogP contribution is -2.27. The average Bonchev–Trinajstić information content (AvgIpc) is 2.85. The van der Waals surface area contributed by atoms with Crippen molar-refractivity contribution in [3.8, 4) is 0 Å². The Labute approximate surface area is 103 Å². The molecule has 0 aliphatic heterocycles. The molecule has 1 aromatic carbocycles. The number of hydrogen-bond donors (Lipinski definition) is 2. The van der Waals surface area contributed by atoms with Gasteiger partial charge in [-0.05, 0) is 17.7 Å². The van der Waals surface area contributed by atoms with Crippen molar-refractivity contribution >= 4 is 5.91 Å². The summed E-state index contributed by atoms with van der Waals surface area (Å²) in [5, 5.41) is 9.19. The predicted molar refractivity (Wildman–Crippen MR) is 63.2 cm³/mol. The van der Waals surface area contributed by atoms with Gasteiger partial charge in [-0.25, -0.2) is 9.37 Å². The van der Waals surface area contributed by atoms with Crippen LogP contribution >= 0.6 is 0 Å². The van der Waals surface area contributed by atoms with E-state index in [0.29, 0.717) is 13.0 Å². The Hall–Kier alpha value is -2.24. The van der Waals surface area contributed by atoms with Crippen molar-refractivity contribution in [3.63, 3.8) is 0 Å². The highest BCUT2D eigenvalue weighted by Crippen LogP contribution is 2.03. The molecule has 2 aromatic rings. The van der Waals surface area contributed by atoms with E-state index in [1.54, 1.807) is 12.1 Å². The highest BCUT2D eigenvalue weighted by molar-refractivity contribution is 5.78. The second kappa shape index (κ2) is 5.90. The fraction of sp³-hybridized carbons (Fsp3) is 0.250. The highest BCUT2D eigenvalue weighted by Gasteiger charge is 2.03. The fourth-order valence-electron chi connectivity index (χ4n) is 1.52. The number of benzene rings is 1. The fourth-order valence-corrected chi connectivity index (χ4v) is 1.52. The molecule has 0 radical (unpaired) electrons. The summed E-state index contributed by atoms with van der Waals surface area (Å²) >= 11 is 0. The van der Waals surface area contributed by atoms with Gasteiger partial charge in [-0.1, -0.05) is 12.1 Å². The van der Waals surface area contributed by atoms with Crippen LogP contribution in [0.25, 0.3) is 0 Å². The quantitative estimate of drug-likeness (QED) is 0.824. The molecule has 2 rings (SSSR count). The summed E-state index contributed by atoms with van der Waals surface area (Å²) in [6, 6.07) is 5.89. The number of rotatable bonds is 5. The van der Waals surface area contributed by atoms with Crippen molar-refractivity contribution < 1.29 is 9.18 Å². The van der Waals surface area contributed by atoms with Crippen molar-refractivity contribution in [1.82, 2.24) is 20.5 Å². The minimum atomic E-state index is -0.301. The van der Waals surface area contributed by atoms with Crippen LogP contribution in [0.15, 0.2) is 30.6 Å². The summed E-state index contributed by atoms with van der Waals surface area (Å²) in [6.07, 6.45) is 2.28. The summed E-state index contributed by atoms with van der Waals surface area (Å²) in [5.74, 6) is 0.336. The standard InChI is InChI=1S/C12H13FN4O/c13-10-3-1-9(2-4-10)7-12(18)14-6-5-11-15-8-16-17-11/h1-4,8H,5-7H2,(H,14,18)(H,15,16,17). The Balaban J connectivity index is 1.73. The van der Waals surface area contributed by atoms with Crippen molar-refractivity contribution in [2.75, 3.05) is 6.54 Å². The van der Waals surface area contributed by atoms with Crippen LogP contribution in [0, 0.1) is 5.82 Å². The topological polar surface area (TPSA) is 70.7 Å². The zero-order valence-electron chi connectivity index (χ0n) is 9.69. The molecule has 18 heavy (non-hydrogen) atoms. The summed E-state index contributed by atoms with van der Waals surface area (Å²) in [6.45, 7) is 0.495. The van der Waals surface area contributed by atoms with E-state index in [1.165, 1.54) is 18.5 Å². The first-order valence-corrected chi connectivity index (χ1v) is 5.59. The molecule has 0 saturated heterocycles. The van der Waals surface area contributed by atoms with Crippen molar-refractivity contribution in [3.05, 3.63) is 47.8 Å². The molecule has 0 spiro atoms. The summed E-state index contributed by atoms with van der Waals surface area (Å²) in [4.78, 5) is 15.5. The van der Waals surface area contributed by atoms with E-state index in [0.717, 1.165) is 11.4 Å². The summed E-state index contributed by atoms with van der Waals surface area (Å²) in [7, 11) is 0. The van der Waals surface area contributed by atoms with Gasteiger partial charge in [0.2, 0.25) is 5.91 Å². The first-order valence-electron chi connectivity index (χ1n) is 5.59. The molecule has 0 aliphatic carbocycles. The van der Waals surface area contributed by atoms with E-state index in [1.807, 2.05) is 0 Å². The number of nitrogens with zero attached hydrogens (tertiary/aromatic N) is 2. The van der Waals surface area contributed by atoms with Gasteiger partial charge >= 0.3 is 0 Å². The molecule has 0 fully saturated rings. The maximum Gasteiger partial charge on any atom is 0.224 e. The van der Waals surface area contributed by atoms with Gasteiger partial charge in [-0.3, -0.25) is 9.89 Å². The maximum atomic E-state index is 12.7. The maximum absolute atomic E-state index is 12.7. The van der Waals surface area contributed by atoms with Gasteiger partial charge in [0.05, 0.1) is 6.42 Å². The van der Waals surface area contributed by atoms with Crippen LogP contribution in [-0.4, -0.2) is 27.6 Å². The Kier molecular flexibility index (Phi) is 4.01. The monoisotopic (exact) mass is 248 g/mol. The SMILES string of the molecule is O=C(Cc1ccc(F)cc1)NCCc1ncn[nH]1. The molecule has 94 valence electrons. The normalized spacial score (nSPS) is 10.3. The van der Waals surface area contributed by atoms with Gasteiger partial charge in [0.15, 0.2) is 0 Å². The van der Waals surface area contributed by atoms with Gasteiger partial charge in [0, 0.05) is 13.0 Å². The molecule has 1 amide bonds. The lowest BCUT2D eigenvalue weighted by atomic mass is 10.1. The Morgan fingerprint density at radius 3 is 2.78 bits per heavy atom. The van der Waals surface area contributed by atoms with E-state index >= 15 is 0 Å². The Bertz CT molecular complexity index is 495. The Morgan fingerprint density at radius 2 is 2.11 bits per heavy atom. The number of hydrogen-bond acceptors (Lipinski definition) is 3. The third kappa shape index (κ3) is 3.65. The number of carbonyl (C=O) groups is 1. The number of amides is 1. The molecule has 0 bridgehead atoms. The molecule has 1 aromatic heterocycles. The first kappa shape index (κ1) is 12.2. The van der Waals surface area contributed by atoms with Gasteiger partial charge < -0.3 is 5.32 Å². The van der Waals surface area contributed by atoms with Gasteiger partial charge in [-0.15, -0.1) is 0 Å². The van der Waals surface area contributed by atoms with Crippen molar-refractivity contribution in [2.24, 2.45) is 0 Å². The number of aromatic amines is 1. The molecule has 0 unspecified atom stereocenters. The van der Waals surface area contributed by atoms with Crippen LogP contribution in [-0.2, 0) is 17.6 Å². The number of halogens is 1. The molecule has 1 heterocycles. The smallest absolute Gasteiger partial charge is 0.224 e. The zero-order valence-corrected chi connectivity index (χ0v) is 9.69. The first-order chi connectivity index (χ1) is 8.74. The van der Waals surface area contributed by atoms with E-state index < -0.39 is 0 Å². The van der Waals surface area contributed by atoms with E-state index in [-0.39, 0.29) is 18.1 Å². The minimum Gasteiger partial charge on any atom is -0.355 e. The van der Waals surface area contributed by atoms with E-state index in [9.17, 15) is 9.18 Å². The molecule has 2 N–H and O–H groups in total. The van der Waals surface area contributed by atoms with Crippen molar-refractivity contribution in [1.29, 1.82) is 0 Å². The number of carbonyl (C=O) groups excluding carboxylic acids is 1. The molecule has 0 atom stereocenters. The Morgan fingerprint density at radius 1 is 1.33 bits per heavy atom. The lowest BCUT2D eigenvalue weighted by Gasteiger charge is -2.04. The third-order valence-corrected chi connectivity index (χ3v) is 2.43. The molecular formula is C12H13FN4O. The summed E-state index contributed by atoms with van der Waals surface area (Å²) in [5.41, 5.74) is 0.786. The lowest BCUT2D eigenvalue weighted by molar-refractivity contribution is -0.120. The zero-order chi connectivity index (χ0) is 12.8. The minimum absolute atomic E-state index is 0.0962. The highest BCUT2D eigenvalue weighted by atomic mass is 19.1. The van der Waals surface area contributed by atoms with Crippen LogP contribution < -0.4 is 5.32 Å². The van der Waals surface area contributed by atoms with E-state index in [4.69, 9.17) is 0 Å². The third-order valence-electron chi connectivity index (χ3n) is 2.43. The molecule has 6 heteroatoms. The van der Waals surface area contributed by atoms with Crippen LogP contribution in [0.2, 0.25) is 0 Å². The predicted octanol–water partition coefficient (Wildman–Crippen LogP) is 0.845. The van der Waals surface area contributed by atoms with Crippen LogP contribution in [0.5, 0.6) is 0 Å². The largest absolute Gasteiger partial charge is 0.355 e. The second-order valence-corrected chi connectivity index (χ2v) is 3.84. The van der Waals surface area contributed by atoms with Gasteiger partial charge in [0.25, 0.3) is 0 Å². The molecule has 0 saturated carbocycles. The van der Waals surface area contributed by atoms with Gasteiger partial charge in [-0.2, -0.15) is 5.10 Å². The van der Waals surface area contributed by atoms with Crippen molar-refractivity contribution in [2.45, 2.75) is 12.8 Å². The average molecular weight is 248 g/mol. The van der Waals surface area contributed by atoms with Crippen LogP contribution in [0.4, 0.5) is 4.39 Å². The summed E-state index contributed by atoms with van der Waals surface area (Å²) < 4.78 is 12.7. The molecule has 5 nitrogen and oxygen atoms in total. The number of nitrogens with one attached hydrogen (secondary N) is 2. The molecule has 0 aliphatic rings. The van der Waals surface area contributed by atoms with E-state index in [2.05, 4.69) is 20.5 Å². The second-order valence-electron chi connectivity index (χ2n) is 3.84. The van der Waals surface area contributed by atoms with Crippen LogP contribution in [0.1, 0.15) is 11.4 Å². The van der Waals surface area contributed by atoms with Gasteiger partial charge in [0.1, 0.15) is 18.0 Å². The molecular weight excluding hydrogens is 235 g/mol. The number of aromatic nitrogens is 3. The van der Waals surface area contributed by atoms with Crippen LogP contribution in [0.3, 0.4) is 0 Å².